The summed E-state index contributed by atoms with van der Waals surface area (Å²) in [7, 11) is 0. The number of rotatable bonds is 10. The summed E-state index contributed by atoms with van der Waals surface area (Å²) in [5, 5.41) is 27.2. The van der Waals surface area contributed by atoms with Crippen molar-refractivity contribution in [3.63, 3.8) is 0 Å². The van der Waals surface area contributed by atoms with Gasteiger partial charge in [-0.3, -0.25) is 9.88 Å². The van der Waals surface area contributed by atoms with E-state index in [9.17, 15) is 10.4 Å². The van der Waals surface area contributed by atoms with E-state index >= 15 is 0 Å². The van der Waals surface area contributed by atoms with Crippen molar-refractivity contribution in [2.24, 2.45) is 5.92 Å². The lowest BCUT2D eigenvalue weighted by Gasteiger charge is -2.16. The summed E-state index contributed by atoms with van der Waals surface area (Å²) in [5.74, 6) is 1.89. The van der Waals surface area contributed by atoms with E-state index in [4.69, 9.17) is 14.4 Å². The average Bonchev–Trinajstić information content (AvgIpc) is 3.73. The zero-order chi connectivity index (χ0) is 34.1. The summed E-state index contributed by atoms with van der Waals surface area (Å²) in [4.78, 5) is 16.7. The van der Waals surface area contributed by atoms with Crippen molar-refractivity contribution in [1.29, 1.82) is 5.26 Å². The number of nitrogens with zero attached hydrogens (tertiary/aromatic N) is 5. The Bertz CT molecular complexity index is 2200. The minimum absolute atomic E-state index is 0.0122. The van der Waals surface area contributed by atoms with Gasteiger partial charge in [0, 0.05) is 54.7 Å². The highest BCUT2D eigenvalue weighted by Crippen LogP contribution is 2.38. The molecule has 248 valence electrons. The number of nitrogens with one attached hydrogen (secondary N) is 2. The molecule has 1 fully saturated rings. The number of fused-ring (bicyclic) bond motifs is 2. The summed E-state index contributed by atoms with van der Waals surface area (Å²) >= 11 is 0. The van der Waals surface area contributed by atoms with Crippen LogP contribution in [0.4, 0.5) is 11.5 Å². The first-order valence-corrected chi connectivity index (χ1v) is 16.9. The van der Waals surface area contributed by atoms with E-state index in [2.05, 4.69) is 77.7 Å². The normalized spacial score (nSPS) is 15.6. The summed E-state index contributed by atoms with van der Waals surface area (Å²) in [6, 6.07) is 22.8. The van der Waals surface area contributed by atoms with Crippen LogP contribution in [0.3, 0.4) is 0 Å². The van der Waals surface area contributed by atoms with Crippen LogP contribution in [0.2, 0.25) is 0 Å². The lowest BCUT2D eigenvalue weighted by atomic mass is 9.93. The van der Waals surface area contributed by atoms with Crippen molar-refractivity contribution in [2.45, 2.75) is 53.2 Å². The maximum atomic E-state index is 10.00. The lowest BCUT2D eigenvalue weighted by molar-refractivity contribution is 0.251. The van der Waals surface area contributed by atoms with Gasteiger partial charge in [-0.15, -0.1) is 0 Å². The molecule has 4 heterocycles. The third kappa shape index (κ3) is 6.63. The van der Waals surface area contributed by atoms with Crippen molar-refractivity contribution < 1.29 is 9.52 Å². The van der Waals surface area contributed by atoms with Crippen LogP contribution >= 0.6 is 0 Å². The molecular formula is C40H41N7O2. The highest BCUT2D eigenvalue weighted by molar-refractivity contribution is 5.91. The number of aliphatic hydroxyl groups is 1. The molecule has 9 heteroatoms. The van der Waals surface area contributed by atoms with Crippen LogP contribution in [0.5, 0.6) is 0 Å². The Hall–Kier alpha value is -5.14. The molecule has 0 unspecified atom stereocenters. The van der Waals surface area contributed by atoms with Crippen molar-refractivity contribution in [2.75, 3.05) is 25.0 Å². The van der Waals surface area contributed by atoms with Crippen LogP contribution in [0.15, 0.2) is 77.5 Å². The first kappa shape index (κ1) is 32.4. The highest BCUT2D eigenvalue weighted by Gasteiger charge is 2.21. The quantitative estimate of drug-likeness (QED) is 0.137. The van der Waals surface area contributed by atoms with Crippen LogP contribution in [-0.2, 0) is 13.1 Å². The number of oxazole rings is 1. The lowest BCUT2D eigenvalue weighted by Crippen LogP contribution is -2.28. The molecule has 0 amide bonds. The van der Waals surface area contributed by atoms with Gasteiger partial charge in [-0.2, -0.15) is 5.26 Å². The van der Waals surface area contributed by atoms with Crippen LogP contribution in [-0.4, -0.2) is 50.7 Å². The minimum atomic E-state index is 0.0122. The molecule has 2 atom stereocenters. The van der Waals surface area contributed by atoms with Gasteiger partial charge in [0.05, 0.1) is 12.2 Å². The number of likely N-dealkylation sites (tertiary alicyclic amines) is 1. The van der Waals surface area contributed by atoms with E-state index in [1.165, 1.54) is 6.42 Å². The Morgan fingerprint density at radius 3 is 2.59 bits per heavy atom. The van der Waals surface area contributed by atoms with E-state index in [1.807, 2.05) is 43.5 Å². The number of hydrogen-bond acceptors (Lipinski definition) is 9. The molecule has 1 saturated heterocycles. The van der Waals surface area contributed by atoms with E-state index < -0.39 is 0 Å². The number of aliphatic hydroxyl groups excluding tert-OH is 1. The number of aromatic nitrogens is 3. The first-order chi connectivity index (χ1) is 23.8. The van der Waals surface area contributed by atoms with Crippen molar-refractivity contribution >= 4 is 33.5 Å². The standard InChI is InChI=1S/C40H41N7O2/c1-24-12-14-47(21-24)22-28-15-31(18-41)38-36(17-28)46-40(49-38)34-9-5-7-32(26(34)3)33-8-6-10-35(27(33)4)45-39-37-30(11-13-42-39)16-29(20-44-37)19-43-25(2)23-48/h5-11,13,15-17,20,24-25,43,48H,12,14,19,21-23H2,1-4H3,(H,42,45)/t24-,25-/m1/s1. The molecule has 6 aromatic rings. The second kappa shape index (κ2) is 13.8. The Morgan fingerprint density at radius 2 is 1.82 bits per heavy atom. The summed E-state index contributed by atoms with van der Waals surface area (Å²) in [6.07, 6.45) is 4.85. The molecule has 3 N–H and O–H groups in total. The van der Waals surface area contributed by atoms with Gasteiger partial charge in [-0.25, -0.2) is 9.97 Å². The van der Waals surface area contributed by atoms with E-state index in [0.717, 1.165) is 75.2 Å². The Balaban J connectivity index is 1.18. The Labute approximate surface area is 286 Å². The molecule has 0 bridgehead atoms. The highest BCUT2D eigenvalue weighted by atomic mass is 16.3. The van der Waals surface area contributed by atoms with Crippen molar-refractivity contribution in [1.82, 2.24) is 25.2 Å². The summed E-state index contributed by atoms with van der Waals surface area (Å²) in [5.41, 5.74) is 10.8. The predicted molar refractivity (Wildman–Crippen MR) is 194 cm³/mol. The number of pyridine rings is 2. The van der Waals surface area contributed by atoms with Gasteiger partial charge in [0.15, 0.2) is 11.4 Å². The van der Waals surface area contributed by atoms with Gasteiger partial charge in [0.2, 0.25) is 5.89 Å². The fraction of sp³-hybridized carbons (Fsp3) is 0.300. The van der Waals surface area contributed by atoms with Gasteiger partial charge >= 0.3 is 0 Å². The summed E-state index contributed by atoms with van der Waals surface area (Å²) < 4.78 is 6.31. The summed E-state index contributed by atoms with van der Waals surface area (Å²) in [6.45, 7) is 12.1. The fourth-order valence-electron chi connectivity index (χ4n) is 6.81. The largest absolute Gasteiger partial charge is 0.435 e. The molecule has 1 aliphatic rings. The van der Waals surface area contributed by atoms with Gasteiger partial charge in [-0.1, -0.05) is 31.2 Å². The average molecular weight is 652 g/mol. The fourth-order valence-corrected chi connectivity index (χ4v) is 6.81. The smallest absolute Gasteiger partial charge is 0.227 e. The van der Waals surface area contributed by atoms with Crippen LogP contribution in [0.25, 0.3) is 44.6 Å². The number of anilines is 2. The van der Waals surface area contributed by atoms with Crippen molar-refractivity contribution in [3.8, 4) is 28.7 Å². The Kier molecular flexibility index (Phi) is 9.11. The molecule has 0 spiro atoms. The minimum Gasteiger partial charge on any atom is -0.435 e. The number of hydrogen-bond donors (Lipinski definition) is 3. The third-order valence-electron chi connectivity index (χ3n) is 9.61. The molecular weight excluding hydrogens is 610 g/mol. The van der Waals surface area contributed by atoms with Crippen LogP contribution < -0.4 is 10.6 Å². The molecule has 0 saturated carbocycles. The second-order valence-corrected chi connectivity index (χ2v) is 13.4. The second-order valence-electron chi connectivity index (χ2n) is 13.4. The van der Waals surface area contributed by atoms with Gasteiger partial charge < -0.3 is 20.2 Å². The zero-order valence-corrected chi connectivity index (χ0v) is 28.4. The zero-order valence-electron chi connectivity index (χ0n) is 28.4. The third-order valence-corrected chi connectivity index (χ3v) is 9.61. The molecule has 0 radical (unpaired) electrons. The maximum absolute atomic E-state index is 10.00. The van der Waals surface area contributed by atoms with Crippen molar-refractivity contribution in [3.05, 3.63) is 101 Å². The topological polar surface area (TPSA) is 123 Å². The van der Waals surface area contributed by atoms with E-state index in [0.29, 0.717) is 40.8 Å². The molecule has 0 aliphatic carbocycles. The monoisotopic (exact) mass is 651 g/mol. The van der Waals surface area contributed by atoms with Gasteiger partial charge in [0.1, 0.15) is 17.1 Å². The Morgan fingerprint density at radius 1 is 1.02 bits per heavy atom. The van der Waals surface area contributed by atoms with Gasteiger partial charge in [0.25, 0.3) is 0 Å². The molecule has 3 aromatic carbocycles. The SMILES string of the molecule is Cc1c(Nc2nccc3cc(CN[C@H](C)CO)cnc23)cccc1-c1cccc(-c2nc3cc(CN4CC[C@@H](C)C4)cc(C#N)c3o2)c1C. The maximum Gasteiger partial charge on any atom is 0.227 e. The van der Waals surface area contributed by atoms with Gasteiger partial charge in [-0.05, 0) is 109 Å². The predicted octanol–water partition coefficient (Wildman–Crippen LogP) is 7.65. The van der Waals surface area contributed by atoms with E-state index in [-0.39, 0.29) is 12.6 Å². The molecule has 9 nitrogen and oxygen atoms in total. The number of nitriles is 1. The molecule has 49 heavy (non-hydrogen) atoms. The molecule has 1 aliphatic heterocycles. The number of benzene rings is 3. The van der Waals surface area contributed by atoms with Crippen LogP contribution in [0.1, 0.15) is 48.1 Å². The molecule has 3 aromatic heterocycles. The molecule has 7 rings (SSSR count). The first-order valence-electron chi connectivity index (χ1n) is 16.9. The van der Waals surface area contributed by atoms with Crippen LogP contribution in [0, 0.1) is 31.1 Å². The van der Waals surface area contributed by atoms with E-state index in [1.54, 1.807) is 6.20 Å².